The molecule has 0 aromatic carbocycles. The molecule has 0 spiro atoms. The Labute approximate surface area is 156 Å². The van der Waals surface area contributed by atoms with Crippen molar-refractivity contribution < 1.29 is 22.4 Å². The van der Waals surface area contributed by atoms with Gasteiger partial charge in [-0.2, -0.15) is 4.31 Å². The van der Waals surface area contributed by atoms with Crippen LogP contribution in [0.4, 0.5) is 5.82 Å². The fourth-order valence-electron chi connectivity index (χ4n) is 2.87. The lowest BCUT2D eigenvalue weighted by Gasteiger charge is -2.28. The van der Waals surface area contributed by atoms with E-state index in [1.165, 1.54) is 22.6 Å². The second-order valence-corrected chi connectivity index (χ2v) is 8.19. The van der Waals surface area contributed by atoms with Gasteiger partial charge in [-0.05, 0) is 43.5 Å². The number of primary amides is 1. The first-order valence-electron chi connectivity index (χ1n) is 8.41. The van der Waals surface area contributed by atoms with E-state index in [9.17, 15) is 18.0 Å². The summed E-state index contributed by atoms with van der Waals surface area (Å²) in [6.07, 6.45) is 2.26. The lowest BCUT2D eigenvalue weighted by molar-refractivity contribution is -0.122. The van der Waals surface area contributed by atoms with Crippen LogP contribution in [0.2, 0.25) is 0 Å². The number of pyridine rings is 1. The molecule has 0 unspecified atom stereocenters. The number of nitrogens with two attached hydrogens (primary N) is 1. The van der Waals surface area contributed by atoms with Crippen LogP contribution in [0.25, 0.3) is 0 Å². The molecule has 2 aromatic rings. The Morgan fingerprint density at radius 2 is 1.96 bits per heavy atom. The summed E-state index contributed by atoms with van der Waals surface area (Å²) < 4.78 is 31.9. The Kier molecular flexibility index (Phi) is 5.29. The van der Waals surface area contributed by atoms with Gasteiger partial charge in [0.25, 0.3) is 15.9 Å². The molecule has 1 aliphatic heterocycles. The number of sulfonamides is 1. The topological polar surface area (TPSA) is 136 Å². The predicted molar refractivity (Wildman–Crippen MR) is 96.3 cm³/mol. The zero-order valence-corrected chi connectivity index (χ0v) is 15.5. The maximum atomic E-state index is 12.7. The van der Waals surface area contributed by atoms with Gasteiger partial charge in [0.15, 0.2) is 5.76 Å². The Balaban J connectivity index is 1.72. The smallest absolute Gasteiger partial charge is 0.292 e. The molecular formula is C17H20N4O5S. The Hall–Kier alpha value is -2.72. The number of rotatable bonds is 5. The zero-order chi connectivity index (χ0) is 19.6. The lowest BCUT2D eigenvalue weighted by Crippen LogP contribution is -2.41. The molecule has 27 heavy (non-hydrogen) atoms. The highest BCUT2D eigenvalue weighted by Crippen LogP contribution is 2.25. The number of amides is 2. The van der Waals surface area contributed by atoms with Crippen molar-refractivity contribution in [2.24, 2.45) is 11.7 Å². The summed E-state index contributed by atoms with van der Waals surface area (Å²) in [4.78, 5) is 27.6. The van der Waals surface area contributed by atoms with Gasteiger partial charge in [-0.15, -0.1) is 0 Å². The molecule has 0 atom stereocenters. The third-order valence-electron chi connectivity index (χ3n) is 4.50. The summed E-state index contributed by atoms with van der Waals surface area (Å²) in [5.41, 5.74) is 6.03. The van der Waals surface area contributed by atoms with Crippen LogP contribution in [-0.2, 0) is 14.8 Å². The Morgan fingerprint density at radius 1 is 1.26 bits per heavy atom. The van der Waals surface area contributed by atoms with Gasteiger partial charge in [0, 0.05) is 25.2 Å². The Bertz CT molecular complexity index is 961. The van der Waals surface area contributed by atoms with Crippen LogP contribution >= 0.6 is 0 Å². The number of nitrogens with zero attached hydrogens (tertiary/aromatic N) is 2. The highest BCUT2D eigenvalue weighted by atomic mass is 32.2. The molecule has 3 rings (SSSR count). The molecule has 1 aliphatic rings. The monoisotopic (exact) mass is 392 g/mol. The fraction of sp³-hybridized carbons (Fsp3) is 0.353. The third-order valence-corrected chi connectivity index (χ3v) is 6.27. The van der Waals surface area contributed by atoms with E-state index >= 15 is 0 Å². The lowest BCUT2D eigenvalue weighted by atomic mass is 9.98. The van der Waals surface area contributed by atoms with Gasteiger partial charge in [-0.3, -0.25) is 9.59 Å². The largest absolute Gasteiger partial charge is 0.438 e. The molecular weight excluding hydrogens is 372 g/mol. The minimum absolute atomic E-state index is 0.134. The van der Waals surface area contributed by atoms with Crippen molar-refractivity contribution in [3.05, 3.63) is 41.8 Å². The maximum absolute atomic E-state index is 12.7. The van der Waals surface area contributed by atoms with Crippen LogP contribution in [0.15, 0.2) is 40.0 Å². The molecule has 0 radical (unpaired) electrons. The molecule has 3 N–H and O–H groups in total. The first-order valence-corrected chi connectivity index (χ1v) is 9.85. The van der Waals surface area contributed by atoms with Gasteiger partial charge in [0.2, 0.25) is 11.0 Å². The van der Waals surface area contributed by atoms with Crippen molar-refractivity contribution >= 4 is 27.7 Å². The highest BCUT2D eigenvalue weighted by Gasteiger charge is 2.33. The van der Waals surface area contributed by atoms with Crippen LogP contribution in [0.1, 0.15) is 29.0 Å². The molecule has 144 valence electrons. The van der Waals surface area contributed by atoms with Crippen molar-refractivity contribution in [2.45, 2.75) is 24.9 Å². The van der Waals surface area contributed by atoms with E-state index in [2.05, 4.69) is 10.3 Å². The van der Waals surface area contributed by atoms with Crippen LogP contribution in [-0.4, -0.2) is 42.6 Å². The molecule has 0 aliphatic carbocycles. The van der Waals surface area contributed by atoms with Gasteiger partial charge in [0.1, 0.15) is 5.82 Å². The number of aryl methyl sites for hydroxylation is 1. The van der Waals surface area contributed by atoms with Gasteiger partial charge < -0.3 is 15.5 Å². The first kappa shape index (κ1) is 19.1. The molecule has 2 amide bonds. The minimum atomic E-state index is -3.89. The van der Waals surface area contributed by atoms with E-state index in [4.69, 9.17) is 10.2 Å². The summed E-state index contributed by atoms with van der Waals surface area (Å²) in [6, 6.07) is 6.08. The third kappa shape index (κ3) is 4.01. The number of anilines is 1. The van der Waals surface area contributed by atoms with Crippen molar-refractivity contribution in [3.63, 3.8) is 0 Å². The molecule has 2 aromatic heterocycles. The Morgan fingerprint density at radius 3 is 2.59 bits per heavy atom. The number of furan rings is 1. The number of hydrogen-bond donors (Lipinski definition) is 2. The molecule has 9 nitrogen and oxygen atoms in total. The number of piperidine rings is 1. The van der Waals surface area contributed by atoms with Crippen molar-refractivity contribution in [2.75, 3.05) is 18.4 Å². The normalized spacial score (nSPS) is 16.2. The van der Waals surface area contributed by atoms with Crippen molar-refractivity contribution in [1.82, 2.24) is 9.29 Å². The number of hydrogen-bond acceptors (Lipinski definition) is 6. The van der Waals surface area contributed by atoms with E-state index in [1.807, 2.05) is 0 Å². The average Bonchev–Trinajstić information content (AvgIpc) is 3.15. The number of carbonyl (C=O) groups is 2. The van der Waals surface area contributed by atoms with E-state index < -0.39 is 21.8 Å². The van der Waals surface area contributed by atoms with Gasteiger partial charge in [-0.25, -0.2) is 13.4 Å². The van der Waals surface area contributed by atoms with Crippen LogP contribution in [0, 0.1) is 12.8 Å². The van der Waals surface area contributed by atoms with E-state index in [1.54, 1.807) is 19.1 Å². The first-order chi connectivity index (χ1) is 12.8. The summed E-state index contributed by atoms with van der Waals surface area (Å²) in [7, 11) is -3.89. The van der Waals surface area contributed by atoms with E-state index in [-0.39, 0.29) is 29.9 Å². The number of nitrogens with one attached hydrogen (secondary N) is 1. The van der Waals surface area contributed by atoms with Crippen LogP contribution < -0.4 is 11.1 Å². The van der Waals surface area contributed by atoms with Gasteiger partial charge in [-0.1, -0.05) is 6.07 Å². The quantitative estimate of drug-likeness (QED) is 0.783. The van der Waals surface area contributed by atoms with Gasteiger partial charge in [0.05, 0.1) is 0 Å². The second-order valence-electron chi connectivity index (χ2n) is 6.32. The predicted octanol–water partition coefficient (Wildman–Crippen LogP) is 1.12. The summed E-state index contributed by atoms with van der Waals surface area (Å²) in [6.45, 7) is 2.13. The summed E-state index contributed by atoms with van der Waals surface area (Å²) >= 11 is 0. The molecule has 0 saturated carbocycles. The zero-order valence-electron chi connectivity index (χ0n) is 14.7. The van der Waals surface area contributed by atoms with Crippen LogP contribution in [0.3, 0.4) is 0 Å². The SMILES string of the molecule is Cc1cccnc1NC(=O)c1ccc(S(=O)(=O)N2CCC(C(N)=O)CC2)o1. The summed E-state index contributed by atoms with van der Waals surface area (Å²) in [5.74, 6) is -1.10. The molecule has 3 heterocycles. The van der Waals surface area contributed by atoms with Crippen LogP contribution in [0.5, 0.6) is 0 Å². The number of aromatic nitrogens is 1. The average molecular weight is 392 g/mol. The molecule has 1 saturated heterocycles. The van der Waals surface area contributed by atoms with Crippen molar-refractivity contribution in [3.8, 4) is 0 Å². The minimum Gasteiger partial charge on any atom is -0.438 e. The second kappa shape index (κ2) is 7.49. The number of carbonyl (C=O) groups excluding carboxylic acids is 2. The van der Waals surface area contributed by atoms with Gasteiger partial charge >= 0.3 is 0 Å². The van der Waals surface area contributed by atoms with E-state index in [0.29, 0.717) is 18.7 Å². The molecule has 0 bridgehead atoms. The molecule has 10 heteroatoms. The maximum Gasteiger partial charge on any atom is 0.292 e. The summed E-state index contributed by atoms with van der Waals surface area (Å²) in [5, 5.41) is 2.27. The molecule has 1 fully saturated rings. The van der Waals surface area contributed by atoms with Crippen molar-refractivity contribution in [1.29, 1.82) is 0 Å². The van der Waals surface area contributed by atoms with E-state index in [0.717, 1.165) is 5.56 Å². The standard InChI is InChI=1S/C17H20N4O5S/c1-11-3-2-8-19-16(11)20-17(23)13-4-5-14(26-13)27(24,25)21-9-6-12(7-10-21)15(18)22/h2-5,8,12H,6-7,9-10H2,1H3,(H2,18,22)(H,19,20,23). The highest BCUT2D eigenvalue weighted by molar-refractivity contribution is 7.89. The fourth-order valence-corrected chi connectivity index (χ4v) is 4.26.